The van der Waals surface area contributed by atoms with Gasteiger partial charge in [0, 0.05) is 0 Å². The molecule has 3 rings (SSSR count). The van der Waals surface area contributed by atoms with Crippen molar-refractivity contribution in [1.29, 1.82) is 0 Å². The van der Waals surface area contributed by atoms with Crippen LogP contribution in [0.2, 0.25) is 5.02 Å². The molecule has 0 radical (unpaired) electrons. The van der Waals surface area contributed by atoms with E-state index in [1.54, 1.807) is 0 Å². The first-order valence-corrected chi connectivity index (χ1v) is 11.9. The standard InChI is InChI=1S/C24H25ClN2O4S/c1-17(19-11-7-4-8-12-19)26-24(28)22(15-18-9-5-3-6-10-18)27-32(29,30)20-13-14-23(31-2)21(25)16-20/h3-14,16-17,22,27H,15H2,1-2H3,(H,26,28)/t17-,22-/m0/s1. The molecule has 2 atom stereocenters. The molecule has 1 amide bonds. The number of hydrogen-bond donors (Lipinski definition) is 2. The fraction of sp³-hybridized carbons (Fsp3) is 0.208. The Bertz CT molecular complexity index is 1160. The van der Waals surface area contributed by atoms with Crippen molar-refractivity contribution in [2.24, 2.45) is 0 Å². The van der Waals surface area contributed by atoms with Crippen LogP contribution in [0.15, 0.2) is 83.8 Å². The van der Waals surface area contributed by atoms with Crippen molar-refractivity contribution in [1.82, 2.24) is 10.0 Å². The molecular formula is C24H25ClN2O4S. The second-order valence-corrected chi connectivity index (χ2v) is 9.42. The van der Waals surface area contributed by atoms with Crippen molar-refractivity contribution in [3.05, 3.63) is 95.0 Å². The summed E-state index contributed by atoms with van der Waals surface area (Å²) in [5, 5.41) is 3.07. The van der Waals surface area contributed by atoms with E-state index < -0.39 is 22.0 Å². The summed E-state index contributed by atoms with van der Waals surface area (Å²) in [6.45, 7) is 1.85. The van der Waals surface area contributed by atoms with Crippen molar-refractivity contribution in [3.63, 3.8) is 0 Å². The molecule has 8 heteroatoms. The molecule has 32 heavy (non-hydrogen) atoms. The van der Waals surface area contributed by atoms with Crippen molar-refractivity contribution in [2.45, 2.75) is 30.3 Å². The Kier molecular flexibility index (Phi) is 7.90. The molecule has 0 spiro atoms. The number of rotatable bonds is 9. The Balaban J connectivity index is 1.85. The molecule has 3 aromatic carbocycles. The second-order valence-electron chi connectivity index (χ2n) is 7.30. The van der Waals surface area contributed by atoms with Gasteiger partial charge in [-0.25, -0.2) is 8.42 Å². The van der Waals surface area contributed by atoms with Crippen molar-refractivity contribution < 1.29 is 17.9 Å². The van der Waals surface area contributed by atoms with Crippen LogP contribution in [0.25, 0.3) is 0 Å². The number of methoxy groups -OCH3 is 1. The number of ether oxygens (including phenoxy) is 1. The van der Waals surface area contributed by atoms with Crippen molar-refractivity contribution in [2.75, 3.05) is 7.11 Å². The van der Waals surface area contributed by atoms with E-state index in [-0.39, 0.29) is 22.4 Å². The number of amides is 1. The van der Waals surface area contributed by atoms with Gasteiger partial charge in [-0.15, -0.1) is 0 Å². The van der Waals surface area contributed by atoms with Crippen molar-refractivity contribution >= 4 is 27.5 Å². The highest BCUT2D eigenvalue weighted by Crippen LogP contribution is 2.27. The van der Waals surface area contributed by atoms with Gasteiger partial charge in [0.15, 0.2) is 0 Å². The summed E-state index contributed by atoms with van der Waals surface area (Å²) in [5.74, 6) is -0.0609. The molecule has 0 heterocycles. The first-order chi connectivity index (χ1) is 15.3. The lowest BCUT2D eigenvalue weighted by molar-refractivity contribution is -0.123. The van der Waals surface area contributed by atoms with Gasteiger partial charge in [0.25, 0.3) is 0 Å². The number of nitrogens with one attached hydrogen (secondary N) is 2. The van der Waals surface area contributed by atoms with Crippen LogP contribution >= 0.6 is 11.6 Å². The number of sulfonamides is 1. The lowest BCUT2D eigenvalue weighted by Gasteiger charge is -2.22. The zero-order valence-corrected chi connectivity index (χ0v) is 19.4. The van der Waals surface area contributed by atoms with Gasteiger partial charge in [0.05, 0.1) is 23.1 Å². The Morgan fingerprint density at radius 3 is 2.22 bits per heavy atom. The minimum absolute atomic E-state index is 0.0507. The predicted molar refractivity (Wildman–Crippen MR) is 125 cm³/mol. The van der Waals surface area contributed by atoms with Gasteiger partial charge in [0.2, 0.25) is 15.9 Å². The van der Waals surface area contributed by atoms with E-state index >= 15 is 0 Å². The van der Waals surface area contributed by atoms with Gasteiger partial charge in [-0.05, 0) is 42.7 Å². The molecule has 0 aliphatic rings. The molecule has 0 aromatic heterocycles. The van der Waals surface area contributed by atoms with Crippen molar-refractivity contribution in [3.8, 4) is 5.75 Å². The zero-order valence-electron chi connectivity index (χ0n) is 17.8. The highest BCUT2D eigenvalue weighted by molar-refractivity contribution is 7.89. The largest absolute Gasteiger partial charge is 0.495 e. The summed E-state index contributed by atoms with van der Waals surface area (Å²) < 4.78 is 33.7. The third-order valence-electron chi connectivity index (χ3n) is 4.99. The molecule has 0 aliphatic heterocycles. The molecule has 168 valence electrons. The average molecular weight is 473 g/mol. The summed E-state index contributed by atoms with van der Waals surface area (Å²) in [6, 6.07) is 21.6. The van der Waals surface area contributed by atoms with Crippen LogP contribution in [0.3, 0.4) is 0 Å². The molecule has 6 nitrogen and oxygen atoms in total. The number of benzene rings is 3. The van der Waals surface area contributed by atoms with E-state index in [0.29, 0.717) is 5.75 Å². The highest BCUT2D eigenvalue weighted by atomic mass is 35.5. The fourth-order valence-corrected chi connectivity index (χ4v) is 4.79. The summed E-state index contributed by atoms with van der Waals surface area (Å²) >= 11 is 6.10. The molecule has 0 saturated heterocycles. The maximum atomic E-state index is 13.1. The number of carbonyl (C=O) groups excluding carboxylic acids is 1. The number of halogens is 1. The number of carbonyl (C=O) groups is 1. The van der Waals surface area contributed by atoms with Crippen LogP contribution in [0, 0.1) is 0 Å². The smallest absolute Gasteiger partial charge is 0.241 e. The van der Waals surface area contributed by atoms with Gasteiger partial charge in [-0.2, -0.15) is 4.72 Å². The Morgan fingerprint density at radius 1 is 1.00 bits per heavy atom. The van der Waals surface area contributed by atoms with Crippen LogP contribution < -0.4 is 14.8 Å². The van der Waals surface area contributed by atoms with Gasteiger partial charge in [-0.1, -0.05) is 72.3 Å². The quantitative estimate of drug-likeness (QED) is 0.490. The Hall–Kier alpha value is -2.87. The number of hydrogen-bond acceptors (Lipinski definition) is 4. The SMILES string of the molecule is COc1ccc(S(=O)(=O)N[C@@H](Cc2ccccc2)C(=O)N[C@@H](C)c2ccccc2)cc1Cl. The maximum absolute atomic E-state index is 13.1. The Labute approximate surface area is 193 Å². The zero-order chi connectivity index (χ0) is 23.1. The van der Waals surface area contributed by atoms with E-state index in [9.17, 15) is 13.2 Å². The molecule has 3 aromatic rings. The van der Waals surface area contributed by atoms with E-state index in [1.165, 1.54) is 25.3 Å². The lowest BCUT2D eigenvalue weighted by Crippen LogP contribution is -2.48. The van der Waals surface area contributed by atoms with Gasteiger partial charge in [-0.3, -0.25) is 4.79 Å². The fourth-order valence-electron chi connectivity index (χ4n) is 3.25. The van der Waals surface area contributed by atoms with E-state index in [0.717, 1.165) is 11.1 Å². The van der Waals surface area contributed by atoms with Gasteiger partial charge in [0.1, 0.15) is 11.8 Å². The molecule has 0 fully saturated rings. The minimum atomic E-state index is -4.02. The molecule has 0 saturated carbocycles. The van der Waals surface area contributed by atoms with Crippen LogP contribution in [0.4, 0.5) is 0 Å². The summed E-state index contributed by atoms with van der Waals surface area (Å²) in [7, 11) is -2.58. The van der Waals surface area contributed by atoms with Crippen LogP contribution in [0.1, 0.15) is 24.1 Å². The van der Waals surface area contributed by atoms with Gasteiger partial charge < -0.3 is 10.1 Å². The van der Waals surface area contributed by atoms with Crippen LogP contribution in [-0.4, -0.2) is 27.5 Å². The molecule has 0 aliphatic carbocycles. The normalized spacial score (nSPS) is 13.2. The minimum Gasteiger partial charge on any atom is -0.495 e. The average Bonchev–Trinajstić information content (AvgIpc) is 2.79. The second kappa shape index (κ2) is 10.6. The lowest BCUT2D eigenvalue weighted by atomic mass is 10.0. The van der Waals surface area contributed by atoms with Crippen LogP contribution in [0.5, 0.6) is 5.75 Å². The van der Waals surface area contributed by atoms with E-state index in [2.05, 4.69) is 10.0 Å². The highest BCUT2D eigenvalue weighted by Gasteiger charge is 2.27. The predicted octanol–water partition coefficient (Wildman–Crippen LogP) is 4.12. The van der Waals surface area contributed by atoms with Gasteiger partial charge >= 0.3 is 0 Å². The topological polar surface area (TPSA) is 84.5 Å². The Morgan fingerprint density at radius 2 is 1.62 bits per heavy atom. The third kappa shape index (κ3) is 6.09. The third-order valence-corrected chi connectivity index (χ3v) is 6.75. The molecular weight excluding hydrogens is 448 g/mol. The molecule has 0 unspecified atom stereocenters. The summed E-state index contributed by atoms with van der Waals surface area (Å²) in [5.41, 5.74) is 1.75. The summed E-state index contributed by atoms with van der Waals surface area (Å²) in [6.07, 6.45) is 0.192. The maximum Gasteiger partial charge on any atom is 0.241 e. The van der Waals surface area contributed by atoms with E-state index in [4.69, 9.17) is 16.3 Å². The monoisotopic (exact) mass is 472 g/mol. The first-order valence-electron chi connectivity index (χ1n) is 10.1. The molecule has 0 bridgehead atoms. The van der Waals surface area contributed by atoms with E-state index in [1.807, 2.05) is 67.6 Å². The summed E-state index contributed by atoms with van der Waals surface area (Å²) in [4.78, 5) is 13.1. The molecule has 2 N–H and O–H groups in total. The van der Waals surface area contributed by atoms with Crippen LogP contribution in [-0.2, 0) is 21.2 Å². The first kappa shape index (κ1) is 23.8.